The summed E-state index contributed by atoms with van der Waals surface area (Å²) in [5.74, 6) is -1.31. The third-order valence-electron chi connectivity index (χ3n) is 7.07. The van der Waals surface area contributed by atoms with Gasteiger partial charge in [-0.25, -0.2) is 0 Å². The van der Waals surface area contributed by atoms with Crippen molar-refractivity contribution in [3.05, 3.63) is 0 Å². The molecular formula is C33H63NO8. The maximum absolute atomic E-state index is 12.1. The third kappa shape index (κ3) is 28.4. The number of hydrogen-bond donors (Lipinski definition) is 3. The molecule has 0 aromatic rings. The van der Waals surface area contributed by atoms with Crippen LogP contribution in [0, 0.1) is 0 Å². The van der Waals surface area contributed by atoms with E-state index in [0.29, 0.717) is 58.3 Å². The Balaban J connectivity index is 4.35. The highest BCUT2D eigenvalue weighted by molar-refractivity contribution is 5.70. The second kappa shape index (κ2) is 25.8. The molecule has 0 aliphatic carbocycles. The van der Waals surface area contributed by atoms with Gasteiger partial charge in [-0.3, -0.25) is 19.3 Å². The Morgan fingerprint density at radius 1 is 0.667 bits per heavy atom. The van der Waals surface area contributed by atoms with Crippen molar-refractivity contribution in [3.63, 3.8) is 0 Å². The molecule has 0 aliphatic heterocycles. The highest BCUT2D eigenvalue weighted by atomic mass is 16.6. The van der Waals surface area contributed by atoms with Crippen molar-refractivity contribution in [1.29, 1.82) is 0 Å². The monoisotopic (exact) mass is 601 g/mol. The molecule has 0 saturated heterocycles. The van der Waals surface area contributed by atoms with E-state index in [1.165, 1.54) is 44.9 Å². The van der Waals surface area contributed by atoms with Crippen molar-refractivity contribution >= 4 is 17.9 Å². The molecule has 2 atom stereocenters. The van der Waals surface area contributed by atoms with E-state index in [9.17, 15) is 24.6 Å². The van der Waals surface area contributed by atoms with Gasteiger partial charge in [-0.05, 0) is 65.8 Å². The van der Waals surface area contributed by atoms with E-state index >= 15 is 0 Å². The number of carbonyl (C=O) groups is 3. The van der Waals surface area contributed by atoms with Crippen LogP contribution in [0.4, 0.5) is 0 Å². The van der Waals surface area contributed by atoms with Gasteiger partial charge in [-0.1, -0.05) is 71.1 Å². The smallest absolute Gasteiger partial charge is 0.306 e. The van der Waals surface area contributed by atoms with Gasteiger partial charge >= 0.3 is 17.9 Å². The Morgan fingerprint density at radius 2 is 1.19 bits per heavy atom. The summed E-state index contributed by atoms with van der Waals surface area (Å²) in [5.41, 5.74) is -0.543. The maximum Gasteiger partial charge on any atom is 0.306 e. The van der Waals surface area contributed by atoms with Crippen LogP contribution in [0.3, 0.4) is 0 Å². The number of esters is 2. The Kier molecular flexibility index (Phi) is 24.7. The van der Waals surface area contributed by atoms with Crippen molar-refractivity contribution in [1.82, 2.24) is 4.90 Å². The van der Waals surface area contributed by atoms with E-state index in [-0.39, 0.29) is 31.2 Å². The number of rotatable bonds is 28. The molecule has 0 spiro atoms. The maximum atomic E-state index is 12.1. The van der Waals surface area contributed by atoms with Crippen molar-refractivity contribution in [2.75, 3.05) is 26.2 Å². The highest BCUT2D eigenvalue weighted by Crippen LogP contribution is 2.13. The first-order chi connectivity index (χ1) is 19.9. The van der Waals surface area contributed by atoms with Crippen LogP contribution in [0.15, 0.2) is 0 Å². The first-order valence-corrected chi connectivity index (χ1v) is 16.6. The molecule has 0 aliphatic rings. The minimum atomic E-state index is -0.812. The lowest BCUT2D eigenvalue weighted by Gasteiger charge is -2.27. The van der Waals surface area contributed by atoms with Crippen LogP contribution in [-0.2, 0) is 23.9 Å². The predicted octanol–water partition coefficient (Wildman–Crippen LogP) is 6.41. The zero-order chi connectivity index (χ0) is 31.6. The molecule has 0 aromatic heterocycles. The van der Waals surface area contributed by atoms with E-state index < -0.39 is 23.8 Å². The van der Waals surface area contributed by atoms with Gasteiger partial charge in [0.2, 0.25) is 0 Å². The summed E-state index contributed by atoms with van der Waals surface area (Å²) in [5, 5.41) is 30.0. The lowest BCUT2D eigenvalue weighted by molar-refractivity contribution is -0.155. The van der Waals surface area contributed by atoms with Crippen molar-refractivity contribution < 1.29 is 39.2 Å². The van der Waals surface area contributed by atoms with Gasteiger partial charge in [0.25, 0.3) is 0 Å². The minimum Gasteiger partial charge on any atom is -0.481 e. The summed E-state index contributed by atoms with van der Waals surface area (Å²) in [4.78, 5) is 36.8. The number of aliphatic carboxylic acids is 1. The average molecular weight is 602 g/mol. The average Bonchev–Trinajstić information content (AvgIpc) is 2.88. The summed E-state index contributed by atoms with van der Waals surface area (Å²) in [6.45, 7) is 9.37. The summed E-state index contributed by atoms with van der Waals surface area (Å²) < 4.78 is 10.7. The number of carbonyl (C=O) groups excluding carboxylic acids is 2. The summed E-state index contributed by atoms with van der Waals surface area (Å²) in [6.07, 6.45) is 14.4. The van der Waals surface area contributed by atoms with E-state index in [1.54, 1.807) is 0 Å². The van der Waals surface area contributed by atoms with Crippen molar-refractivity contribution in [2.24, 2.45) is 0 Å². The molecule has 3 N–H and O–H groups in total. The van der Waals surface area contributed by atoms with Crippen LogP contribution >= 0.6 is 0 Å². The molecule has 9 heteroatoms. The van der Waals surface area contributed by atoms with E-state index in [2.05, 4.69) is 6.92 Å². The molecule has 0 bridgehead atoms. The first kappa shape index (κ1) is 40.3. The van der Waals surface area contributed by atoms with Gasteiger partial charge in [0.15, 0.2) is 0 Å². The molecule has 0 aromatic carbocycles. The number of nitrogens with zero attached hydrogens (tertiary/aromatic N) is 1. The molecule has 0 amide bonds. The van der Waals surface area contributed by atoms with Gasteiger partial charge in [0.1, 0.15) is 5.60 Å². The Bertz CT molecular complexity index is 694. The number of aliphatic hydroxyl groups excluding tert-OH is 2. The van der Waals surface area contributed by atoms with E-state index in [0.717, 1.165) is 25.7 Å². The van der Waals surface area contributed by atoms with Gasteiger partial charge in [-0.2, -0.15) is 0 Å². The number of carboxylic acids is 1. The predicted molar refractivity (Wildman–Crippen MR) is 166 cm³/mol. The lowest BCUT2D eigenvalue weighted by atomic mass is 10.1. The number of aliphatic hydroxyl groups is 2. The molecule has 0 rings (SSSR count). The summed E-state index contributed by atoms with van der Waals surface area (Å²) in [7, 11) is 0. The number of unbranched alkanes of at least 4 members (excludes halogenated alkanes) is 10. The fourth-order valence-corrected chi connectivity index (χ4v) is 4.86. The fraction of sp³-hybridized carbons (Fsp3) is 0.909. The molecule has 9 nitrogen and oxygen atoms in total. The van der Waals surface area contributed by atoms with Crippen LogP contribution in [0.25, 0.3) is 0 Å². The topological polar surface area (TPSA) is 134 Å². The molecule has 0 radical (unpaired) electrons. The highest BCUT2D eigenvalue weighted by Gasteiger charge is 2.19. The molecule has 2 unspecified atom stereocenters. The summed E-state index contributed by atoms with van der Waals surface area (Å²) >= 11 is 0. The SMILES string of the molecule is CCCCCCCCCCCOC(=O)CCCC(O)CN(CCCC(=O)OC(C)(C)C)CC(O)CCCCCC(=O)O. The molecular weight excluding hydrogens is 538 g/mol. The van der Waals surface area contributed by atoms with Crippen LogP contribution in [0.2, 0.25) is 0 Å². The first-order valence-electron chi connectivity index (χ1n) is 16.6. The molecule has 0 heterocycles. The standard InChI is InChI=1S/C33H63NO8/c1-5-6-7-8-9-10-11-12-16-25-41-31(39)22-17-20-29(36)27-34(24-18-23-32(40)42-33(2,3)4)26-28(35)19-14-13-15-21-30(37)38/h28-29,35-36H,5-27H2,1-4H3,(H,37,38). The van der Waals surface area contributed by atoms with Gasteiger partial charge in [-0.15, -0.1) is 0 Å². The lowest BCUT2D eigenvalue weighted by Crippen LogP contribution is -2.39. The quantitative estimate of drug-likeness (QED) is 0.0687. The van der Waals surface area contributed by atoms with E-state index in [4.69, 9.17) is 14.6 Å². The van der Waals surface area contributed by atoms with Gasteiger partial charge < -0.3 is 24.8 Å². The Hall–Kier alpha value is -1.71. The number of carboxylic acid groups (broad SMARTS) is 1. The minimum absolute atomic E-state index is 0.131. The van der Waals surface area contributed by atoms with Gasteiger partial charge in [0, 0.05) is 32.4 Å². The fourth-order valence-electron chi connectivity index (χ4n) is 4.86. The zero-order valence-corrected chi connectivity index (χ0v) is 27.2. The van der Waals surface area contributed by atoms with E-state index in [1.807, 2.05) is 25.7 Å². The molecule has 0 saturated carbocycles. The molecule has 248 valence electrons. The van der Waals surface area contributed by atoms with Gasteiger partial charge in [0.05, 0.1) is 18.8 Å². The Morgan fingerprint density at radius 3 is 1.76 bits per heavy atom. The number of ether oxygens (including phenoxy) is 2. The van der Waals surface area contributed by atoms with Crippen molar-refractivity contribution in [3.8, 4) is 0 Å². The molecule has 0 fully saturated rings. The Labute approximate surface area is 255 Å². The summed E-state index contributed by atoms with van der Waals surface area (Å²) in [6, 6.07) is 0. The van der Waals surface area contributed by atoms with Crippen molar-refractivity contribution in [2.45, 2.75) is 167 Å². The third-order valence-corrected chi connectivity index (χ3v) is 7.07. The molecule has 42 heavy (non-hydrogen) atoms. The number of hydrogen-bond acceptors (Lipinski definition) is 8. The zero-order valence-electron chi connectivity index (χ0n) is 27.2. The van der Waals surface area contributed by atoms with Crippen LogP contribution in [0.5, 0.6) is 0 Å². The van der Waals surface area contributed by atoms with Crippen LogP contribution in [0.1, 0.15) is 150 Å². The second-order valence-electron chi connectivity index (χ2n) is 12.7. The van der Waals surface area contributed by atoms with Crippen LogP contribution < -0.4 is 0 Å². The normalized spacial score (nSPS) is 13.2. The largest absolute Gasteiger partial charge is 0.481 e. The van der Waals surface area contributed by atoms with Crippen LogP contribution in [-0.4, -0.2) is 82.2 Å². The second-order valence-corrected chi connectivity index (χ2v) is 12.7.